The van der Waals surface area contributed by atoms with Crippen LogP contribution < -0.4 is 5.32 Å². The summed E-state index contributed by atoms with van der Waals surface area (Å²) < 4.78 is 1.10. The third-order valence-corrected chi connectivity index (χ3v) is 6.48. The van der Waals surface area contributed by atoms with Crippen LogP contribution in [0.3, 0.4) is 0 Å². The number of nitrogens with one attached hydrogen (secondary N) is 1. The molecule has 5 heteroatoms. The predicted molar refractivity (Wildman–Crippen MR) is 117 cm³/mol. The molecule has 1 heterocycles. The van der Waals surface area contributed by atoms with Gasteiger partial charge in [0.2, 0.25) is 0 Å². The first-order valence-electron chi connectivity index (χ1n) is 8.65. The first kappa shape index (κ1) is 17.9. The third kappa shape index (κ3) is 4.62. The molecule has 0 saturated carbocycles. The lowest BCUT2D eigenvalue weighted by Crippen LogP contribution is -2.11. The van der Waals surface area contributed by atoms with Crippen molar-refractivity contribution < 1.29 is 4.79 Å². The molecule has 3 aromatic carbocycles. The van der Waals surface area contributed by atoms with Gasteiger partial charge in [-0.25, -0.2) is 4.99 Å². The number of carbonyl (C=O) groups is 1. The summed E-state index contributed by atoms with van der Waals surface area (Å²) in [6.07, 6.45) is 0. The number of anilines is 1. The van der Waals surface area contributed by atoms with Crippen LogP contribution in [0.4, 0.5) is 11.4 Å². The Morgan fingerprint density at radius 1 is 0.963 bits per heavy atom. The molecule has 1 aliphatic heterocycles. The Labute approximate surface area is 167 Å². The van der Waals surface area contributed by atoms with E-state index in [1.165, 1.54) is 11.1 Å². The topological polar surface area (TPSA) is 41.5 Å². The summed E-state index contributed by atoms with van der Waals surface area (Å²) in [4.78, 5) is 17.0. The van der Waals surface area contributed by atoms with Crippen LogP contribution in [0.5, 0.6) is 0 Å². The number of hydrogen-bond acceptors (Lipinski definition) is 4. The number of nitrogens with zero attached hydrogens (tertiary/aromatic N) is 1. The molecule has 1 aliphatic rings. The van der Waals surface area contributed by atoms with Crippen LogP contribution >= 0.6 is 23.5 Å². The zero-order valence-electron chi connectivity index (χ0n) is 14.6. The zero-order valence-corrected chi connectivity index (χ0v) is 16.2. The summed E-state index contributed by atoms with van der Waals surface area (Å²) in [7, 11) is 0. The van der Waals surface area contributed by atoms with E-state index >= 15 is 0 Å². The molecule has 1 amide bonds. The second-order valence-corrected chi connectivity index (χ2v) is 8.29. The number of amides is 1. The molecular formula is C22H18N2OS2. The van der Waals surface area contributed by atoms with E-state index in [-0.39, 0.29) is 5.91 Å². The van der Waals surface area contributed by atoms with Crippen molar-refractivity contribution in [2.45, 2.75) is 11.5 Å². The highest BCUT2D eigenvalue weighted by atomic mass is 32.2. The summed E-state index contributed by atoms with van der Waals surface area (Å²) in [5.41, 5.74) is 5.01. The second kappa shape index (κ2) is 8.46. The SMILES string of the molecule is O=C(Nc1ccccc1)c1ccc(CSC2=Nc3ccccc3CS2)cc1. The number of fused-ring (bicyclic) bond motifs is 1. The fourth-order valence-corrected chi connectivity index (χ4v) is 4.73. The highest BCUT2D eigenvalue weighted by molar-refractivity contribution is 8.38. The lowest BCUT2D eigenvalue weighted by molar-refractivity contribution is 0.102. The van der Waals surface area contributed by atoms with Gasteiger partial charge in [0.1, 0.15) is 4.38 Å². The van der Waals surface area contributed by atoms with Gasteiger partial charge in [0.05, 0.1) is 5.69 Å². The fraction of sp³-hybridized carbons (Fsp3) is 0.0909. The van der Waals surface area contributed by atoms with Crippen LogP contribution in [-0.4, -0.2) is 10.3 Å². The van der Waals surface area contributed by atoms with Crippen molar-refractivity contribution in [1.29, 1.82) is 0 Å². The van der Waals surface area contributed by atoms with Gasteiger partial charge in [-0.05, 0) is 41.5 Å². The van der Waals surface area contributed by atoms with E-state index in [0.29, 0.717) is 5.56 Å². The third-order valence-electron chi connectivity index (χ3n) is 4.16. The largest absolute Gasteiger partial charge is 0.322 e. The summed E-state index contributed by atoms with van der Waals surface area (Å²) in [5.74, 6) is 1.72. The Hall–Kier alpha value is -2.50. The number of rotatable bonds is 4. The normalized spacial score (nSPS) is 12.8. The van der Waals surface area contributed by atoms with Crippen LogP contribution in [0.15, 0.2) is 83.9 Å². The van der Waals surface area contributed by atoms with Gasteiger partial charge in [0.25, 0.3) is 5.91 Å². The van der Waals surface area contributed by atoms with Crippen LogP contribution in [0, 0.1) is 0 Å². The molecule has 0 aromatic heterocycles. The van der Waals surface area contributed by atoms with Gasteiger partial charge in [0, 0.05) is 22.8 Å². The maximum absolute atomic E-state index is 12.3. The van der Waals surface area contributed by atoms with Crippen molar-refractivity contribution in [3.05, 3.63) is 95.6 Å². The van der Waals surface area contributed by atoms with E-state index in [1.807, 2.05) is 60.7 Å². The molecule has 3 nitrogen and oxygen atoms in total. The van der Waals surface area contributed by atoms with E-state index in [1.54, 1.807) is 23.5 Å². The standard InChI is InChI=1S/C22H18N2OS2/c25-21(23-19-7-2-1-3-8-19)17-12-10-16(11-13-17)14-26-22-24-20-9-5-4-6-18(20)15-27-22/h1-13H,14-15H2,(H,23,25). The molecule has 134 valence electrons. The van der Waals surface area contributed by atoms with Gasteiger partial charge in [-0.15, -0.1) is 0 Å². The zero-order chi connectivity index (χ0) is 18.5. The van der Waals surface area contributed by atoms with E-state index in [2.05, 4.69) is 23.5 Å². The molecule has 27 heavy (non-hydrogen) atoms. The number of benzene rings is 3. The average Bonchev–Trinajstić information content (AvgIpc) is 2.73. The molecule has 1 N–H and O–H groups in total. The summed E-state index contributed by atoms with van der Waals surface area (Å²) >= 11 is 3.53. The lowest BCUT2D eigenvalue weighted by Gasteiger charge is -2.14. The van der Waals surface area contributed by atoms with Crippen molar-refractivity contribution >= 4 is 45.2 Å². The fourth-order valence-electron chi connectivity index (χ4n) is 2.71. The maximum Gasteiger partial charge on any atom is 0.255 e. The van der Waals surface area contributed by atoms with Crippen molar-refractivity contribution in [3.63, 3.8) is 0 Å². The molecule has 0 spiro atoms. The first-order valence-corrected chi connectivity index (χ1v) is 10.6. The molecule has 3 aromatic rings. The minimum atomic E-state index is -0.0933. The molecule has 0 unspecified atom stereocenters. The Morgan fingerprint density at radius 2 is 1.70 bits per heavy atom. The minimum Gasteiger partial charge on any atom is -0.322 e. The Bertz CT molecular complexity index is 969. The number of thioether (sulfide) groups is 2. The number of aliphatic imine (C=N–C) groups is 1. The minimum absolute atomic E-state index is 0.0933. The van der Waals surface area contributed by atoms with E-state index in [9.17, 15) is 4.79 Å². The molecule has 0 saturated heterocycles. The summed E-state index contributed by atoms with van der Waals surface area (Å²) in [6.45, 7) is 0. The molecule has 0 atom stereocenters. The second-order valence-electron chi connectivity index (χ2n) is 6.10. The quantitative estimate of drug-likeness (QED) is 0.585. The number of hydrogen-bond donors (Lipinski definition) is 1. The van der Waals surface area contributed by atoms with Gasteiger partial charge in [-0.2, -0.15) is 0 Å². The van der Waals surface area contributed by atoms with Crippen molar-refractivity contribution in [3.8, 4) is 0 Å². The first-order chi connectivity index (χ1) is 13.3. The van der Waals surface area contributed by atoms with Gasteiger partial charge in [0.15, 0.2) is 0 Å². The van der Waals surface area contributed by atoms with Crippen LogP contribution in [0.1, 0.15) is 21.5 Å². The van der Waals surface area contributed by atoms with Gasteiger partial charge < -0.3 is 5.32 Å². The van der Waals surface area contributed by atoms with Gasteiger partial charge >= 0.3 is 0 Å². The summed E-state index contributed by atoms with van der Waals surface area (Å²) in [6, 6.07) is 25.5. The van der Waals surface area contributed by atoms with Crippen LogP contribution in [0.2, 0.25) is 0 Å². The number of para-hydroxylation sites is 2. The lowest BCUT2D eigenvalue weighted by atomic mass is 10.1. The highest BCUT2D eigenvalue weighted by Gasteiger charge is 2.13. The Morgan fingerprint density at radius 3 is 2.52 bits per heavy atom. The number of carbonyl (C=O) groups excluding carboxylic acids is 1. The molecule has 0 fully saturated rings. The van der Waals surface area contributed by atoms with Crippen LogP contribution in [-0.2, 0) is 11.5 Å². The van der Waals surface area contributed by atoms with E-state index in [4.69, 9.17) is 4.99 Å². The van der Waals surface area contributed by atoms with Crippen molar-refractivity contribution in [2.24, 2.45) is 4.99 Å². The summed E-state index contributed by atoms with van der Waals surface area (Å²) in [5, 5.41) is 2.90. The monoisotopic (exact) mass is 390 g/mol. The van der Waals surface area contributed by atoms with E-state index in [0.717, 1.165) is 27.3 Å². The van der Waals surface area contributed by atoms with E-state index < -0.39 is 0 Å². The van der Waals surface area contributed by atoms with Crippen molar-refractivity contribution in [2.75, 3.05) is 5.32 Å². The molecule has 4 rings (SSSR count). The smallest absolute Gasteiger partial charge is 0.255 e. The molecule has 0 radical (unpaired) electrons. The predicted octanol–water partition coefficient (Wildman–Crippen LogP) is 6.11. The van der Waals surface area contributed by atoms with Gasteiger partial charge in [-0.3, -0.25) is 4.79 Å². The molecule has 0 bridgehead atoms. The van der Waals surface area contributed by atoms with Crippen LogP contribution in [0.25, 0.3) is 0 Å². The average molecular weight is 391 g/mol. The van der Waals surface area contributed by atoms with Crippen molar-refractivity contribution in [1.82, 2.24) is 0 Å². The highest BCUT2D eigenvalue weighted by Crippen LogP contribution is 2.35. The molecule has 0 aliphatic carbocycles. The molecular weight excluding hydrogens is 372 g/mol. The Kier molecular flexibility index (Phi) is 5.61. The van der Waals surface area contributed by atoms with Gasteiger partial charge in [-0.1, -0.05) is 72.1 Å². The maximum atomic E-state index is 12.3. The Balaban J connectivity index is 1.36.